The van der Waals surface area contributed by atoms with Gasteiger partial charge in [0.2, 0.25) is 0 Å². The van der Waals surface area contributed by atoms with Crippen LogP contribution in [0.5, 0.6) is 5.75 Å². The molecule has 0 amide bonds. The van der Waals surface area contributed by atoms with Gasteiger partial charge in [-0.25, -0.2) is 0 Å². The molecule has 0 saturated heterocycles. The molecular formula is C15H15BrClNO. The topological polar surface area (TPSA) is 21.3 Å². The summed E-state index contributed by atoms with van der Waals surface area (Å²) in [4.78, 5) is 0. The first-order valence-corrected chi connectivity index (χ1v) is 7.15. The molecule has 2 aromatic carbocycles. The van der Waals surface area contributed by atoms with Crippen molar-refractivity contribution in [1.29, 1.82) is 0 Å². The Morgan fingerprint density at radius 3 is 2.63 bits per heavy atom. The summed E-state index contributed by atoms with van der Waals surface area (Å²) in [5.41, 5.74) is 2.20. The van der Waals surface area contributed by atoms with E-state index in [2.05, 4.69) is 27.3 Å². The Labute approximate surface area is 126 Å². The lowest BCUT2D eigenvalue weighted by Crippen LogP contribution is -2.14. The molecule has 0 saturated carbocycles. The van der Waals surface area contributed by atoms with Gasteiger partial charge >= 0.3 is 0 Å². The van der Waals surface area contributed by atoms with Crippen LogP contribution >= 0.6 is 27.5 Å². The molecule has 1 N–H and O–H groups in total. The monoisotopic (exact) mass is 339 g/mol. The predicted octanol–water partition coefficient (Wildman–Crippen LogP) is 4.40. The highest BCUT2D eigenvalue weighted by molar-refractivity contribution is 9.10. The number of benzene rings is 2. The van der Waals surface area contributed by atoms with E-state index < -0.39 is 0 Å². The van der Waals surface area contributed by atoms with Gasteiger partial charge in [-0.3, -0.25) is 0 Å². The van der Waals surface area contributed by atoms with Crippen molar-refractivity contribution in [2.75, 3.05) is 7.11 Å². The highest BCUT2D eigenvalue weighted by Crippen LogP contribution is 2.26. The fourth-order valence-corrected chi connectivity index (χ4v) is 2.52. The van der Waals surface area contributed by atoms with E-state index in [4.69, 9.17) is 16.3 Å². The molecule has 0 radical (unpaired) electrons. The van der Waals surface area contributed by atoms with E-state index in [1.807, 2.05) is 36.4 Å². The van der Waals surface area contributed by atoms with E-state index in [1.165, 1.54) is 5.56 Å². The van der Waals surface area contributed by atoms with Gasteiger partial charge in [0.15, 0.2) is 0 Å². The van der Waals surface area contributed by atoms with Crippen LogP contribution in [0.4, 0.5) is 0 Å². The van der Waals surface area contributed by atoms with Crippen molar-refractivity contribution in [3.63, 3.8) is 0 Å². The summed E-state index contributed by atoms with van der Waals surface area (Å²) in [6.45, 7) is 1.44. The van der Waals surface area contributed by atoms with Crippen LogP contribution in [0.2, 0.25) is 5.02 Å². The van der Waals surface area contributed by atoms with Crippen LogP contribution in [-0.2, 0) is 13.1 Å². The number of rotatable bonds is 5. The fourth-order valence-electron chi connectivity index (χ4n) is 1.87. The molecular weight excluding hydrogens is 326 g/mol. The zero-order valence-electron chi connectivity index (χ0n) is 10.6. The van der Waals surface area contributed by atoms with E-state index in [0.717, 1.165) is 27.4 Å². The number of ether oxygens (including phenoxy) is 1. The predicted molar refractivity (Wildman–Crippen MR) is 82.7 cm³/mol. The second kappa shape index (κ2) is 6.94. The maximum atomic E-state index is 6.19. The average molecular weight is 341 g/mol. The highest BCUT2D eigenvalue weighted by atomic mass is 79.9. The second-order valence-electron chi connectivity index (χ2n) is 4.12. The van der Waals surface area contributed by atoms with Crippen molar-refractivity contribution in [1.82, 2.24) is 5.32 Å². The zero-order chi connectivity index (χ0) is 13.7. The van der Waals surface area contributed by atoms with E-state index in [9.17, 15) is 0 Å². The van der Waals surface area contributed by atoms with Gasteiger partial charge in [0.05, 0.1) is 7.11 Å². The van der Waals surface area contributed by atoms with Gasteiger partial charge in [0, 0.05) is 28.1 Å². The lowest BCUT2D eigenvalue weighted by molar-refractivity contribution is 0.407. The zero-order valence-corrected chi connectivity index (χ0v) is 13.0. The van der Waals surface area contributed by atoms with Crippen molar-refractivity contribution in [3.8, 4) is 5.75 Å². The Kier molecular flexibility index (Phi) is 5.25. The Morgan fingerprint density at radius 2 is 1.89 bits per heavy atom. The van der Waals surface area contributed by atoms with Crippen LogP contribution in [0.1, 0.15) is 11.1 Å². The summed E-state index contributed by atoms with van der Waals surface area (Å²) >= 11 is 9.73. The third-order valence-electron chi connectivity index (χ3n) is 2.87. The van der Waals surface area contributed by atoms with Gasteiger partial charge in [-0.05, 0) is 23.8 Å². The number of hydrogen-bond acceptors (Lipinski definition) is 2. The van der Waals surface area contributed by atoms with Crippen molar-refractivity contribution >= 4 is 27.5 Å². The van der Waals surface area contributed by atoms with Crippen LogP contribution in [0.3, 0.4) is 0 Å². The van der Waals surface area contributed by atoms with Crippen LogP contribution in [-0.4, -0.2) is 7.11 Å². The van der Waals surface area contributed by atoms with Crippen molar-refractivity contribution in [2.24, 2.45) is 0 Å². The fraction of sp³-hybridized carbons (Fsp3) is 0.200. The molecule has 2 aromatic rings. The van der Waals surface area contributed by atoms with Gasteiger partial charge in [0.1, 0.15) is 5.75 Å². The van der Waals surface area contributed by atoms with E-state index >= 15 is 0 Å². The van der Waals surface area contributed by atoms with Crippen molar-refractivity contribution < 1.29 is 4.74 Å². The van der Waals surface area contributed by atoms with Gasteiger partial charge in [0.25, 0.3) is 0 Å². The molecule has 2 rings (SSSR count). The summed E-state index contributed by atoms with van der Waals surface area (Å²) < 4.78 is 6.42. The minimum atomic E-state index is 0.671. The third kappa shape index (κ3) is 3.72. The van der Waals surface area contributed by atoms with Gasteiger partial charge in [-0.2, -0.15) is 0 Å². The Morgan fingerprint density at radius 1 is 1.11 bits per heavy atom. The summed E-state index contributed by atoms with van der Waals surface area (Å²) in [6, 6.07) is 13.8. The van der Waals surface area contributed by atoms with Crippen molar-refractivity contribution in [3.05, 3.63) is 63.1 Å². The van der Waals surface area contributed by atoms with Gasteiger partial charge < -0.3 is 10.1 Å². The first-order chi connectivity index (χ1) is 9.22. The van der Waals surface area contributed by atoms with Gasteiger partial charge in [-0.1, -0.05) is 51.8 Å². The Balaban J connectivity index is 2.02. The SMILES string of the molecule is COc1cccc(Cl)c1CNCc1ccccc1Br. The minimum Gasteiger partial charge on any atom is -0.496 e. The molecule has 19 heavy (non-hydrogen) atoms. The second-order valence-corrected chi connectivity index (χ2v) is 5.38. The standard InChI is InChI=1S/C15H15BrClNO/c1-19-15-8-4-7-14(17)12(15)10-18-9-11-5-2-3-6-13(11)16/h2-8,18H,9-10H2,1H3. The lowest BCUT2D eigenvalue weighted by atomic mass is 10.2. The molecule has 2 nitrogen and oxygen atoms in total. The van der Waals surface area contributed by atoms with E-state index in [-0.39, 0.29) is 0 Å². The van der Waals surface area contributed by atoms with Crippen LogP contribution in [0.15, 0.2) is 46.9 Å². The quantitative estimate of drug-likeness (QED) is 0.871. The van der Waals surface area contributed by atoms with Gasteiger partial charge in [-0.15, -0.1) is 0 Å². The van der Waals surface area contributed by atoms with Crippen molar-refractivity contribution in [2.45, 2.75) is 13.1 Å². The molecule has 0 heterocycles. The summed E-state index contributed by atoms with van der Waals surface area (Å²) in [7, 11) is 1.66. The molecule has 4 heteroatoms. The summed E-state index contributed by atoms with van der Waals surface area (Å²) in [5.74, 6) is 0.812. The first kappa shape index (κ1) is 14.4. The normalized spacial score (nSPS) is 10.5. The molecule has 0 atom stereocenters. The molecule has 100 valence electrons. The molecule has 0 bridgehead atoms. The summed E-state index contributed by atoms with van der Waals surface area (Å²) in [6.07, 6.45) is 0. The van der Waals surface area contributed by atoms with E-state index in [1.54, 1.807) is 7.11 Å². The number of methoxy groups -OCH3 is 1. The third-order valence-corrected chi connectivity index (χ3v) is 4.00. The maximum absolute atomic E-state index is 6.19. The summed E-state index contributed by atoms with van der Waals surface area (Å²) in [5, 5.41) is 4.10. The first-order valence-electron chi connectivity index (χ1n) is 5.98. The van der Waals surface area contributed by atoms with Crippen LogP contribution in [0.25, 0.3) is 0 Å². The molecule has 0 spiro atoms. The van der Waals surface area contributed by atoms with E-state index in [0.29, 0.717) is 6.54 Å². The van der Waals surface area contributed by atoms with Crippen LogP contribution in [0, 0.1) is 0 Å². The maximum Gasteiger partial charge on any atom is 0.124 e. The molecule has 0 aliphatic carbocycles. The minimum absolute atomic E-state index is 0.671. The smallest absolute Gasteiger partial charge is 0.124 e. The number of halogens is 2. The average Bonchev–Trinajstić information content (AvgIpc) is 2.42. The number of hydrogen-bond donors (Lipinski definition) is 1. The largest absolute Gasteiger partial charge is 0.496 e. The Hall–Kier alpha value is -1.03. The molecule has 0 aliphatic heterocycles. The Bertz CT molecular complexity index is 560. The molecule has 0 aliphatic rings. The molecule has 0 unspecified atom stereocenters. The highest BCUT2D eigenvalue weighted by Gasteiger charge is 2.07. The number of nitrogens with one attached hydrogen (secondary N) is 1. The molecule has 0 aromatic heterocycles. The lowest BCUT2D eigenvalue weighted by Gasteiger charge is -2.12. The van der Waals surface area contributed by atoms with Crippen LogP contribution < -0.4 is 10.1 Å². The molecule has 0 fully saturated rings.